The Morgan fingerprint density at radius 1 is 1.15 bits per heavy atom. The van der Waals surface area contributed by atoms with Gasteiger partial charge in [-0.2, -0.15) is 13.2 Å². The minimum atomic E-state index is -4.40. The number of benzene rings is 1. The van der Waals surface area contributed by atoms with Crippen LogP contribution >= 0.6 is 0 Å². The molecule has 1 aromatic carbocycles. The first-order valence-corrected chi connectivity index (χ1v) is 5.99. The monoisotopic (exact) mass is 279 g/mol. The second-order valence-corrected chi connectivity index (χ2v) is 4.46. The van der Waals surface area contributed by atoms with Gasteiger partial charge in [0.25, 0.3) is 0 Å². The lowest BCUT2D eigenvalue weighted by molar-refractivity contribution is -0.137. The number of Topliss-reactive ketones (excluding diaryl/α,β-unsaturated/α-hetero) is 1. The molecule has 20 heavy (non-hydrogen) atoms. The molecule has 0 saturated carbocycles. The van der Waals surface area contributed by atoms with Crippen molar-refractivity contribution in [2.75, 3.05) is 0 Å². The van der Waals surface area contributed by atoms with Crippen molar-refractivity contribution in [3.8, 4) is 0 Å². The molecule has 0 amide bonds. The van der Waals surface area contributed by atoms with Crippen molar-refractivity contribution in [3.63, 3.8) is 0 Å². The second-order valence-electron chi connectivity index (χ2n) is 4.46. The number of rotatable bonds is 3. The van der Waals surface area contributed by atoms with Gasteiger partial charge in [-0.15, -0.1) is 0 Å². The van der Waals surface area contributed by atoms with Crippen LogP contribution in [0.25, 0.3) is 0 Å². The molecule has 0 unspecified atom stereocenters. The summed E-state index contributed by atoms with van der Waals surface area (Å²) in [6.45, 7) is 1.75. The van der Waals surface area contributed by atoms with Crippen LogP contribution in [0.5, 0.6) is 0 Å². The number of hydrogen-bond acceptors (Lipinski definition) is 2. The third kappa shape index (κ3) is 3.44. The maximum atomic E-state index is 12.6. The standard InChI is InChI=1S/C15H12F3NO/c1-10-4-2-7-13(19-10)14(20)9-11-5-3-6-12(8-11)15(16,17)18/h2-8H,9H2,1H3. The van der Waals surface area contributed by atoms with Crippen molar-refractivity contribution >= 4 is 5.78 Å². The van der Waals surface area contributed by atoms with Gasteiger partial charge >= 0.3 is 6.18 Å². The molecule has 0 aliphatic heterocycles. The van der Waals surface area contributed by atoms with E-state index in [1.54, 1.807) is 25.1 Å². The molecule has 0 bridgehead atoms. The maximum Gasteiger partial charge on any atom is 0.416 e. The van der Waals surface area contributed by atoms with E-state index in [4.69, 9.17) is 0 Å². The van der Waals surface area contributed by atoms with Crippen LogP contribution in [-0.2, 0) is 12.6 Å². The van der Waals surface area contributed by atoms with Gasteiger partial charge in [0.15, 0.2) is 5.78 Å². The lowest BCUT2D eigenvalue weighted by Gasteiger charge is -2.08. The van der Waals surface area contributed by atoms with Gasteiger partial charge in [0.1, 0.15) is 5.69 Å². The Morgan fingerprint density at radius 2 is 1.85 bits per heavy atom. The highest BCUT2D eigenvalue weighted by atomic mass is 19.4. The fourth-order valence-corrected chi connectivity index (χ4v) is 1.83. The van der Waals surface area contributed by atoms with E-state index in [9.17, 15) is 18.0 Å². The molecule has 2 rings (SSSR count). The summed E-state index contributed by atoms with van der Waals surface area (Å²) < 4.78 is 37.8. The molecule has 0 aliphatic rings. The van der Waals surface area contributed by atoms with Crippen LogP contribution in [0.15, 0.2) is 42.5 Å². The summed E-state index contributed by atoms with van der Waals surface area (Å²) >= 11 is 0. The Kier molecular flexibility index (Phi) is 3.88. The Hall–Kier alpha value is -2.17. The molecule has 0 fully saturated rings. The molecular weight excluding hydrogens is 267 g/mol. The predicted molar refractivity (Wildman–Crippen MR) is 68.5 cm³/mol. The molecule has 0 saturated heterocycles. The van der Waals surface area contributed by atoms with Gasteiger partial charge in [0.05, 0.1) is 5.56 Å². The lowest BCUT2D eigenvalue weighted by Crippen LogP contribution is -2.09. The summed E-state index contributed by atoms with van der Waals surface area (Å²) in [5, 5.41) is 0. The summed E-state index contributed by atoms with van der Waals surface area (Å²) in [5.74, 6) is -0.298. The summed E-state index contributed by atoms with van der Waals surface area (Å²) in [6.07, 6.45) is -4.50. The zero-order valence-electron chi connectivity index (χ0n) is 10.7. The molecule has 0 radical (unpaired) electrons. The summed E-state index contributed by atoms with van der Waals surface area (Å²) in [7, 11) is 0. The first-order chi connectivity index (χ1) is 9.36. The van der Waals surface area contributed by atoms with E-state index in [0.29, 0.717) is 11.3 Å². The van der Waals surface area contributed by atoms with Crippen LogP contribution in [0.1, 0.15) is 27.3 Å². The molecule has 2 aromatic rings. The fourth-order valence-electron chi connectivity index (χ4n) is 1.83. The molecule has 0 spiro atoms. The highest BCUT2D eigenvalue weighted by molar-refractivity contribution is 5.95. The average Bonchev–Trinajstić information content (AvgIpc) is 2.38. The molecule has 0 aliphatic carbocycles. The Balaban J connectivity index is 2.20. The van der Waals surface area contributed by atoms with Crippen molar-refractivity contribution < 1.29 is 18.0 Å². The van der Waals surface area contributed by atoms with Crippen LogP contribution in [-0.4, -0.2) is 10.8 Å². The number of alkyl halides is 3. The molecular formula is C15H12F3NO. The van der Waals surface area contributed by atoms with E-state index in [0.717, 1.165) is 12.1 Å². The largest absolute Gasteiger partial charge is 0.416 e. The van der Waals surface area contributed by atoms with E-state index < -0.39 is 11.7 Å². The molecule has 0 N–H and O–H groups in total. The quantitative estimate of drug-likeness (QED) is 0.799. The Morgan fingerprint density at radius 3 is 2.50 bits per heavy atom. The van der Waals surface area contributed by atoms with Crippen LogP contribution in [0.4, 0.5) is 13.2 Å². The van der Waals surface area contributed by atoms with Crippen LogP contribution in [0, 0.1) is 6.92 Å². The van der Waals surface area contributed by atoms with Gasteiger partial charge in [0.2, 0.25) is 0 Å². The van der Waals surface area contributed by atoms with Gasteiger partial charge in [-0.3, -0.25) is 9.78 Å². The number of pyridine rings is 1. The highest BCUT2D eigenvalue weighted by Crippen LogP contribution is 2.29. The van der Waals surface area contributed by atoms with Crippen molar-refractivity contribution in [2.45, 2.75) is 19.5 Å². The van der Waals surface area contributed by atoms with Gasteiger partial charge in [-0.05, 0) is 30.7 Å². The third-order valence-electron chi connectivity index (χ3n) is 2.79. The smallest absolute Gasteiger partial charge is 0.292 e. The van der Waals surface area contributed by atoms with Gasteiger partial charge in [-0.1, -0.05) is 24.3 Å². The Labute approximate surface area is 114 Å². The highest BCUT2D eigenvalue weighted by Gasteiger charge is 2.30. The number of carbonyl (C=O) groups excluding carboxylic acids is 1. The maximum absolute atomic E-state index is 12.6. The van der Waals surface area contributed by atoms with Crippen molar-refractivity contribution in [2.24, 2.45) is 0 Å². The minimum Gasteiger partial charge on any atom is -0.292 e. The first-order valence-electron chi connectivity index (χ1n) is 5.99. The molecule has 5 heteroatoms. The molecule has 104 valence electrons. The second kappa shape index (κ2) is 5.45. The van der Waals surface area contributed by atoms with Crippen LogP contribution in [0.2, 0.25) is 0 Å². The SMILES string of the molecule is Cc1cccc(C(=O)Cc2cccc(C(F)(F)F)c2)n1. The zero-order chi connectivity index (χ0) is 14.8. The van der Waals surface area contributed by atoms with Crippen LogP contribution in [0.3, 0.4) is 0 Å². The fraction of sp³-hybridized carbons (Fsp3) is 0.200. The topological polar surface area (TPSA) is 30.0 Å². The number of carbonyl (C=O) groups is 1. The van der Waals surface area contributed by atoms with E-state index in [2.05, 4.69) is 4.98 Å². The number of aryl methyl sites for hydroxylation is 1. The number of hydrogen-bond donors (Lipinski definition) is 0. The number of nitrogens with zero attached hydrogens (tertiary/aromatic N) is 1. The third-order valence-corrected chi connectivity index (χ3v) is 2.79. The first kappa shape index (κ1) is 14.2. The van der Waals surface area contributed by atoms with E-state index >= 15 is 0 Å². The van der Waals surface area contributed by atoms with Gasteiger partial charge < -0.3 is 0 Å². The molecule has 0 atom stereocenters. The minimum absolute atomic E-state index is 0.0969. The molecule has 2 nitrogen and oxygen atoms in total. The normalized spacial score (nSPS) is 11.4. The summed E-state index contributed by atoms with van der Waals surface area (Å²) in [4.78, 5) is 16.1. The number of aromatic nitrogens is 1. The Bertz CT molecular complexity index is 635. The molecule has 1 aromatic heterocycles. The van der Waals surface area contributed by atoms with E-state index in [1.165, 1.54) is 12.1 Å². The van der Waals surface area contributed by atoms with Crippen molar-refractivity contribution in [1.29, 1.82) is 0 Å². The van der Waals surface area contributed by atoms with Gasteiger partial charge in [-0.25, -0.2) is 0 Å². The number of halogens is 3. The number of ketones is 1. The molecule has 1 heterocycles. The van der Waals surface area contributed by atoms with Gasteiger partial charge in [0, 0.05) is 12.1 Å². The van der Waals surface area contributed by atoms with E-state index in [-0.39, 0.29) is 17.9 Å². The zero-order valence-corrected chi connectivity index (χ0v) is 10.7. The summed E-state index contributed by atoms with van der Waals surface area (Å²) in [5.41, 5.74) is 0.537. The van der Waals surface area contributed by atoms with Crippen molar-refractivity contribution in [1.82, 2.24) is 4.98 Å². The van der Waals surface area contributed by atoms with E-state index in [1.807, 2.05) is 0 Å². The van der Waals surface area contributed by atoms with Crippen molar-refractivity contribution in [3.05, 3.63) is 65.0 Å². The average molecular weight is 279 g/mol. The lowest BCUT2D eigenvalue weighted by atomic mass is 10.0. The van der Waals surface area contributed by atoms with Crippen LogP contribution < -0.4 is 0 Å². The predicted octanol–water partition coefficient (Wildman–Crippen LogP) is 3.83. The summed E-state index contributed by atoms with van der Waals surface area (Å²) in [6, 6.07) is 9.79.